The second-order valence-electron chi connectivity index (χ2n) is 0.717. The zero-order chi connectivity index (χ0) is 7.21. The van der Waals surface area contributed by atoms with E-state index >= 15 is 0 Å². The van der Waals surface area contributed by atoms with Crippen molar-refractivity contribution in [1.82, 2.24) is 0 Å². The van der Waals surface area contributed by atoms with Crippen LogP contribution in [0.4, 0.5) is 0 Å². The van der Waals surface area contributed by atoms with Crippen molar-refractivity contribution in [1.29, 1.82) is 0 Å². The summed E-state index contributed by atoms with van der Waals surface area (Å²) in [6.07, 6.45) is 1.50. The molecule has 0 aliphatic carbocycles. The zero-order valence-corrected chi connectivity index (χ0v) is 6.00. The molecule has 7 heteroatoms. The van der Waals surface area contributed by atoms with E-state index in [0.29, 0.717) is 0 Å². The first kappa shape index (κ1) is 16.2. The molecule has 0 spiro atoms. The number of carbonyl (C=O) groups excluding carboxylic acids is 1. The summed E-state index contributed by atoms with van der Waals surface area (Å²) >= 11 is 0. The summed E-state index contributed by atoms with van der Waals surface area (Å²) in [6, 6.07) is 0. The summed E-state index contributed by atoms with van der Waals surface area (Å²) in [5.41, 5.74) is 0. The standard InChI is InChI=1S/C2H3O.Li.H3O4P/c1-2-3;;1-5(2,3)4/h1H3;;(H3,1,2,3,4)/q-1;+1;. The summed E-state index contributed by atoms with van der Waals surface area (Å²) in [5.74, 6) is 0. The Labute approximate surface area is 64.5 Å². The average Bonchev–Trinajstić information content (AvgIpc) is 1.27. The van der Waals surface area contributed by atoms with Gasteiger partial charge in [0.1, 0.15) is 0 Å². The van der Waals surface area contributed by atoms with Crippen molar-refractivity contribution >= 4 is 14.1 Å². The molecule has 0 aliphatic rings. The Morgan fingerprint density at radius 1 is 1.33 bits per heavy atom. The van der Waals surface area contributed by atoms with E-state index in [9.17, 15) is 0 Å². The van der Waals surface area contributed by atoms with Crippen molar-refractivity contribution in [2.24, 2.45) is 0 Å². The van der Waals surface area contributed by atoms with E-state index < -0.39 is 7.82 Å². The second-order valence-corrected chi connectivity index (χ2v) is 1.74. The SMILES string of the molecule is C[C-]=O.O=P(O)(O)O.[Li+]. The molecule has 5 nitrogen and oxygen atoms in total. The third kappa shape index (κ3) is 2390. The molecule has 0 atom stereocenters. The Kier molecular flexibility index (Phi) is 15.1. The van der Waals surface area contributed by atoms with Gasteiger partial charge < -0.3 is 19.5 Å². The van der Waals surface area contributed by atoms with Crippen LogP contribution in [0.5, 0.6) is 0 Å². The van der Waals surface area contributed by atoms with Gasteiger partial charge in [-0.05, 0) is 0 Å². The van der Waals surface area contributed by atoms with Gasteiger partial charge in [0.2, 0.25) is 0 Å². The average molecular weight is 148 g/mol. The van der Waals surface area contributed by atoms with Crippen LogP contribution in [0.2, 0.25) is 0 Å². The van der Waals surface area contributed by atoms with Gasteiger partial charge in [0.05, 0.1) is 0 Å². The molecule has 0 aromatic carbocycles. The Morgan fingerprint density at radius 2 is 1.33 bits per heavy atom. The van der Waals surface area contributed by atoms with Gasteiger partial charge in [0.15, 0.2) is 0 Å². The van der Waals surface area contributed by atoms with Crippen molar-refractivity contribution in [3.63, 3.8) is 0 Å². The molecule has 0 aliphatic heterocycles. The van der Waals surface area contributed by atoms with E-state index in [2.05, 4.69) is 0 Å². The van der Waals surface area contributed by atoms with Gasteiger partial charge in [-0.3, -0.25) is 6.29 Å². The van der Waals surface area contributed by atoms with Gasteiger partial charge in [0.25, 0.3) is 0 Å². The van der Waals surface area contributed by atoms with Crippen LogP contribution in [0.1, 0.15) is 6.92 Å². The monoisotopic (exact) mass is 148 g/mol. The smallest absolute Gasteiger partial charge is 0.542 e. The number of hydrogen-bond donors (Lipinski definition) is 3. The van der Waals surface area contributed by atoms with E-state index in [-0.39, 0.29) is 18.9 Å². The van der Waals surface area contributed by atoms with Crippen molar-refractivity contribution in [2.75, 3.05) is 0 Å². The number of hydrogen-bond acceptors (Lipinski definition) is 2. The molecule has 0 aromatic rings. The van der Waals surface area contributed by atoms with Crippen LogP contribution in [-0.2, 0) is 9.36 Å². The summed E-state index contributed by atoms with van der Waals surface area (Å²) in [6.45, 7) is 1.32. The molecular formula is C2H6LiO5P. The Balaban J connectivity index is -0.0000000800. The summed E-state index contributed by atoms with van der Waals surface area (Å²) in [7, 11) is -4.64. The minimum atomic E-state index is -4.64. The molecule has 9 heavy (non-hydrogen) atoms. The van der Waals surface area contributed by atoms with Gasteiger partial charge in [-0.1, -0.05) is 0 Å². The molecule has 0 radical (unpaired) electrons. The van der Waals surface area contributed by atoms with Crippen LogP contribution in [0.25, 0.3) is 0 Å². The Morgan fingerprint density at radius 3 is 1.33 bits per heavy atom. The predicted molar refractivity (Wildman–Crippen MR) is 25.6 cm³/mol. The molecule has 50 valence electrons. The van der Waals surface area contributed by atoms with Gasteiger partial charge >= 0.3 is 26.7 Å². The fourth-order valence-corrected chi connectivity index (χ4v) is 0. The molecule has 0 unspecified atom stereocenters. The van der Waals surface area contributed by atoms with E-state index in [4.69, 9.17) is 24.0 Å². The largest absolute Gasteiger partial charge is 1.00 e. The Hall–Kier alpha value is 0.377. The van der Waals surface area contributed by atoms with Gasteiger partial charge in [0, 0.05) is 0 Å². The molecule has 0 amide bonds. The number of phosphoric acid groups is 1. The topological polar surface area (TPSA) is 94.8 Å². The first-order valence-corrected chi connectivity index (χ1v) is 3.05. The van der Waals surface area contributed by atoms with Gasteiger partial charge in [-0.25, -0.2) is 4.57 Å². The normalized spacial score (nSPS) is 8.00. The van der Waals surface area contributed by atoms with Crippen molar-refractivity contribution in [3.05, 3.63) is 0 Å². The molecule has 0 heterocycles. The predicted octanol–water partition coefficient (Wildman–Crippen LogP) is -3.81. The van der Waals surface area contributed by atoms with E-state index in [1.165, 1.54) is 13.2 Å². The minimum Gasteiger partial charge on any atom is -0.542 e. The molecular weight excluding hydrogens is 142 g/mol. The van der Waals surface area contributed by atoms with Crippen LogP contribution in [0.15, 0.2) is 0 Å². The summed E-state index contributed by atoms with van der Waals surface area (Å²) in [5, 5.41) is 0. The molecule has 0 saturated heterocycles. The maximum Gasteiger partial charge on any atom is 1.00 e. The van der Waals surface area contributed by atoms with Crippen LogP contribution in [0, 0.1) is 0 Å². The Bertz CT molecular complexity index is 88.9. The minimum absolute atomic E-state index is 0. The summed E-state index contributed by atoms with van der Waals surface area (Å²) < 4.78 is 8.88. The van der Waals surface area contributed by atoms with Crippen molar-refractivity contribution in [3.8, 4) is 0 Å². The van der Waals surface area contributed by atoms with Crippen LogP contribution in [-0.4, -0.2) is 21.0 Å². The fraction of sp³-hybridized carbons (Fsp3) is 0.500. The van der Waals surface area contributed by atoms with Crippen LogP contribution >= 0.6 is 7.82 Å². The molecule has 3 N–H and O–H groups in total. The van der Waals surface area contributed by atoms with E-state index in [1.807, 2.05) is 0 Å². The maximum atomic E-state index is 8.88. The van der Waals surface area contributed by atoms with Crippen molar-refractivity contribution < 1.29 is 42.9 Å². The summed E-state index contributed by atoms with van der Waals surface area (Å²) in [4.78, 5) is 30.2. The molecule has 0 fully saturated rings. The third-order valence-corrected chi connectivity index (χ3v) is 0. The molecule has 0 saturated carbocycles. The molecule has 0 rings (SSSR count). The van der Waals surface area contributed by atoms with Crippen LogP contribution in [0.3, 0.4) is 0 Å². The zero-order valence-electron chi connectivity index (χ0n) is 5.11. The third-order valence-electron chi connectivity index (χ3n) is 0. The fourth-order valence-electron chi connectivity index (χ4n) is 0. The first-order chi connectivity index (χ1) is 3.41. The quantitative estimate of drug-likeness (QED) is 0.186. The molecule has 0 aromatic heterocycles. The number of rotatable bonds is 0. The van der Waals surface area contributed by atoms with Gasteiger partial charge in [-0.15, -0.1) is 0 Å². The van der Waals surface area contributed by atoms with Gasteiger partial charge in [-0.2, -0.15) is 6.92 Å². The van der Waals surface area contributed by atoms with E-state index in [0.717, 1.165) is 0 Å². The molecule has 0 bridgehead atoms. The second kappa shape index (κ2) is 8.38. The van der Waals surface area contributed by atoms with E-state index in [1.54, 1.807) is 0 Å². The van der Waals surface area contributed by atoms with Crippen molar-refractivity contribution in [2.45, 2.75) is 6.92 Å². The maximum absolute atomic E-state index is 8.88. The van der Waals surface area contributed by atoms with Crippen LogP contribution < -0.4 is 18.9 Å². The first-order valence-electron chi connectivity index (χ1n) is 1.49.